The van der Waals surface area contributed by atoms with E-state index in [1.807, 2.05) is 85.1 Å². The summed E-state index contributed by atoms with van der Waals surface area (Å²) >= 11 is 0. The van der Waals surface area contributed by atoms with Gasteiger partial charge in [-0.15, -0.1) is 0 Å². The number of hydrogen-bond donors (Lipinski definition) is 1. The maximum atomic E-state index is 12.8. The van der Waals surface area contributed by atoms with Crippen LogP contribution in [0.15, 0.2) is 71.5 Å². The van der Waals surface area contributed by atoms with Crippen LogP contribution in [0.3, 0.4) is 0 Å². The predicted octanol–water partition coefficient (Wildman–Crippen LogP) is 4.41. The van der Waals surface area contributed by atoms with Gasteiger partial charge < -0.3 is 9.88 Å². The van der Waals surface area contributed by atoms with Gasteiger partial charge >= 0.3 is 0 Å². The van der Waals surface area contributed by atoms with E-state index in [1.54, 1.807) is 0 Å². The molecule has 134 valence electrons. The Hall–Kier alpha value is -3.40. The molecular formula is C23H20N2O2. The number of rotatable bonds is 3. The third kappa shape index (κ3) is 3.10. The Morgan fingerprint density at radius 2 is 1.48 bits per heavy atom. The number of fused-ring (bicyclic) bond motifs is 2. The van der Waals surface area contributed by atoms with Crippen LogP contribution in [0.4, 0.5) is 5.69 Å². The smallest absolute Gasteiger partial charge is 0.244 e. The summed E-state index contributed by atoms with van der Waals surface area (Å²) in [6, 6.07) is 20.8. The SMILES string of the molecule is Cc1ccc(NC(=O)Cn2c3ccccc3c(=O)c3ccccc32)c(C)c1. The molecule has 0 aliphatic carbocycles. The fourth-order valence-corrected chi connectivity index (χ4v) is 3.53. The molecule has 0 unspecified atom stereocenters. The lowest BCUT2D eigenvalue weighted by Crippen LogP contribution is -2.21. The van der Waals surface area contributed by atoms with Crippen molar-refractivity contribution in [2.45, 2.75) is 20.4 Å². The van der Waals surface area contributed by atoms with Crippen LogP contribution in [-0.2, 0) is 11.3 Å². The lowest BCUT2D eigenvalue weighted by Gasteiger charge is -2.16. The molecule has 0 atom stereocenters. The summed E-state index contributed by atoms with van der Waals surface area (Å²) in [7, 11) is 0. The minimum Gasteiger partial charge on any atom is -0.331 e. The summed E-state index contributed by atoms with van der Waals surface area (Å²) in [4.78, 5) is 25.6. The first kappa shape index (κ1) is 17.0. The van der Waals surface area contributed by atoms with Crippen molar-refractivity contribution in [3.63, 3.8) is 0 Å². The molecule has 0 aliphatic rings. The van der Waals surface area contributed by atoms with E-state index in [4.69, 9.17) is 0 Å². The molecule has 1 amide bonds. The Morgan fingerprint density at radius 1 is 0.889 bits per heavy atom. The van der Waals surface area contributed by atoms with Crippen molar-refractivity contribution in [2.75, 3.05) is 5.32 Å². The zero-order chi connectivity index (χ0) is 19.0. The fraction of sp³-hybridized carbons (Fsp3) is 0.130. The minimum absolute atomic E-state index is 0.00719. The Bertz CT molecular complexity index is 1180. The Balaban J connectivity index is 1.79. The van der Waals surface area contributed by atoms with Crippen LogP contribution in [0, 0.1) is 13.8 Å². The van der Waals surface area contributed by atoms with Gasteiger partial charge in [0, 0.05) is 16.5 Å². The highest BCUT2D eigenvalue weighted by Crippen LogP contribution is 2.20. The summed E-state index contributed by atoms with van der Waals surface area (Å²) in [5, 5.41) is 4.23. The first-order valence-electron chi connectivity index (χ1n) is 8.92. The Kier molecular flexibility index (Phi) is 4.24. The number of nitrogens with one attached hydrogen (secondary N) is 1. The topological polar surface area (TPSA) is 51.1 Å². The van der Waals surface area contributed by atoms with Gasteiger partial charge in [0.2, 0.25) is 5.91 Å². The highest BCUT2D eigenvalue weighted by molar-refractivity contribution is 5.97. The Morgan fingerprint density at radius 3 is 2.07 bits per heavy atom. The van der Waals surface area contributed by atoms with Crippen LogP contribution in [0.5, 0.6) is 0 Å². The third-order valence-electron chi connectivity index (χ3n) is 4.84. The molecule has 4 nitrogen and oxygen atoms in total. The van der Waals surface area contributed by atoms with E-state index in [2.05, 4.69) is 5.32 Å². The van der Waals surface area contributed by atoms with Crippen molar-refractivity contribution in [2.24, 2.45) is 0 Å². The molecule has 0 aliphatic heterocycles. The van der Waals surface area contributed by atoms with Gasteiger partial charge in [0.05, 0.1) is 11.0 Å². The Labute approximate surface area is 157 Å². The van der Waals surface area contributed by atoms with Gasteiger partial charge in [-0.05, 0) is 49.7 Å². The molecule has 0 saturated heterocycles. The van der Waals surface area contributed by atoms with Gasteiger partial charge in [0.15, 0.2) is 5.43 Å². The molecule has 3 aromatic carbocycles. The van der Waals surface area contributed by atoms with Crippen molar-refractivity contribution < 1.29 is 4.79 Å². The van der Waals surface area contributed by atoms with Crippen LogP contribution in [0.25, 0.3) is 21.8 Å². The lowest BCUT2D eigenvalue weighted by molar-refractivity contribution is -0.116. The van der Waals surface area contributed by atoms with Gasteiger partial charge in [-0.2, -0.15) is 0 Å². The van der Waals surface area contributed by atoms with Gasteiger partial charge in [-0.1, -0.05) is 42.0 Å². The summed E-state index contributed by atoms with van der Waals surface area (Å²) in [6.07, 6.45) is 0. The monoisotopic (exact) mass is 356 g/mol. The number of nitrogens with zero attached hydrogens (tertiary/aromatic N) is 1. The van der Waals surface area contributed by atoms with E-state index < -0.39 is 0 Å². The van der Waals surface area contributed by atoms with Crippen molar-refractivity contribution >= 4 is 33.4 Å². The minimum atomic E-state index is -0.124. The first-order valence-corrected chi connectivity index (χ1v) is 8.92. The van der Waals surface area contributed by atoms with Crippen LogP contribution < -0.4 is 10.7 Å². The number of hydrogen-bond acceptors (Lipinski definition) is 2. The lowest BCUT2D eigenvalue weighted by atomic mass is 10.1. The van der Waals surface area contributed by atoms with Gasteiger partial charge in [0.25, 0.3) is 0 Å². The highest BCUT2D eigenvalue weighted by atomic mass is 16.2. The van der Waals surface area contributed by atoms with E-state index in [0.717, 1.165) is 27.8 Å². The zero-order valence-electron chi connectivity index (χ0n) is 15.3. The average Bonchev–Trinajstić information content (AvgIpc) is 2.67. The number of para-hydroxylation sites is 2. The molecule has 4 heteroatoms. The third-order valence-corrected chi connectivity index (χ3v) is 4.84. The largest absolute Gasteiger partial charge is 0.331 e. The predicted molar refractivity (Wildman–Crippen MR) is 110 cm³/mol. The number of aryl methyl sites for hydroxylation is 2. The van der Waals surface area contributed by atoms with Crippen LogP contribution in [0.2, 0.25) is 0 Å². The molecule has 1 heterocycles. The number of benzene rings is 3. The standard InChI is InChI=1S/C23H20N2O2/c1-15-11-12-19(16(2)13-15)24-22(26)14-25-20-9-5-3-7-17(20)23(27)18-8-4-6-10-21(18)25/h3-13H,14H2,1-2H3,(H,24,26). The van der Waals surface area contributed by atoms with E-state index in [0.29, 0.717) is 10.8 Å². The summed E-state index contributed by atoms with van der Waals surface area (Å²) < 4.78 is 1.91. The summed E-state index contributed by atoms with van der Waals surface area (Å²) in [6.45, 7) is 4.14. The fourth-order valence-electron chi connectivity index (χ4n) is 3.53. The normalized spacial score (nSPS) is 11.0. The van der Waals surface area contributed by atoms with Crippen molar-refractivity contribution in [1.29, 1.82) is 0 Å². The van der Waals surface area contributed by atoms with Gasteiger partial charge in [-0.3, -0.25) is 9.59 Å². The maximum absolute atomic E-state index is 12.8. The second-order valence-corrected chi connectivity index (χ2v) is 6.82. The van der Waals surface area contributed by atoms with Gasteiger partial charge in [-0.25, -0.2) is 0 Å². The highest BCUT2D eigenvalue weighted by Gasteiger charge is 2.13. The van der Waals surface area contributed by atoms with E-state index in [9.17, 15) is 9.59 Å². The first-order chi connectivity index (χ1) is 13.0. The van der Waals surface area contributed by atoms with Crippen molar-refractivity contribution in [1.82, 2.24) is 4.57 Å². The molecule has 0 spiro atoms. The van der Waals surface area contributed by atoms with Crippen LogP contribution in [-0.4, -0.2) is 10.5 Å². The van der Waals surface area contributed by atoms with E-state index in [1.165, 1.54) is 0 Å². The number of pyridine rings is 1. The second kappa shape index (κ2) is 6.72. The number of anilines is 1. The van der Waals surface area contributed by atoms with E-state index >= 15 is 0 Å². The average molecular weight is 356 g/mol. The molecular weight excluding hydrogens is 336 g/mol. The van der Waals surface area contributed by atoms with Gasteiger partial charge in [0.1, 0.15) is 6.54 Å². The molecule has 4 aromatic rings. The molecule has 27 heavy (non-hydrogen) atoms. The number of carbonyl (C=O) groups is 1. The molecule has 0 fully saturated rings. The summed E-state index contributed by atoms with van der Waals surface area (Å²) in [5.74, 6) is -0.124. The van der Waals surface area contributed by atoms with Crippen molar-refractivity contribution in [3.05, 3.63) is 88.1 Å². The molecule has 4 rings (SSSR count). The molecule has 0 radical (unpaired) electrons. The second-order valence-electron chi connectivity index (χ2n) is 6.82. The maximum Gasteiger partial charge on any atom is 0.244 e. The molecule has 1 N–H and O–H groups in total. The van der Waals surface area contributed by atoms with Crippen LogP contribution >= 0.6 is 0 Å². The molecule has 1 aromatic heterocycles. The molecule has 0 bridgehead atoms. The van der Waals surface area contributed by atoms with Crippen molar-refractivity contribution in [3.8, 4) is 0 Å². The number of amides is 1. The summed E-state index contributed by atoms with van der Waals surface area (Å²) in [5.41, 5.74) is 4.50. The molecule has 0 saturated carbocycles. The zero-order valence-corrected chi connectivity index (χ0v) is 15.3. The number of carbonyl (C=O) groups excluding carboxylic acids is 1. The van der Waals surface area contributed by atoms with E-state index in [-0.39, 0.29) is 17.9 Å². The van der Waals surface area contributed by atoms with Crippen LogP contribution in [0.1, 0.15) is 11.1 Å². The quantitative estimate of drug-likeness (QED) is 0.553. The number of aromatic nitrogens is 1.